The Kier molecular flexibility index (Phi) is 3.66. The summed E-state index contributed by atoms with van der Waals surface area (Å²) < 4.78 is 5.18. The fourth-order valence-electron chi connectivity index (χ4n) is 2.99. The first kappa shape index (κ1) is 15.2. The van der Waals surface area contributed by atoms with Gasteiger partial charge in [-0.05, 0) is 18.2 Å². The highest BCUT2D eigenvalue weighted by Gasteiger charge is 2.49. The van der Waals surface area contributed by atoms with Crippen molar-refractivity contribution in [3.05, 3.63) is 59.7 Å². The first-order chi connectivity index (χ1) is 11.0. The fraction of sp³-hybridized carbons (Fsp3) is 0.222. The Morgan fingerprint density at radius 1 is 1.17 bits per heavy atom. The molecule has 0 saturated heterocycles. The van der Waals surface area contributed by atoms with Crippen LogP contribution in [0.2, 0.25) is 0 Å². The van der Waals surface area contributed by atoms with Crippen LogP contribution in [0.3, 0.4) is 0 Å². The average Bonchev–Trinajstić information content (AvgIpc) is 2.77. The Morgan fingerprint density at radius 2 is 1.83 bits per heavy atom. The van der Waals surface area contributed by atoms with E-state index in [1.54, 1.807) is 55.6 Å². The number of rotatable bonds is 4. The van der Waals surface area contributed by atoms with Gasteiger partial charge in [0.2, 0.25) is 0 Å². The SMILES string of the molecule is COc1ccccc1C(=O)C[C@@]1(O)C(=O)N(C)c2ccccc21. The van der Waals surface area contributed by atoms with Crippen LogP contribution in [0.25, 0.3) is 0 Å². The van der Waals surface area contributed by atoms with Crippen molar-refractivity contribution >= 4 is 17.4 Å². The third-order valence-corrected chi connectivity index (χ3v) is 4.19. The Bertz CT molecular complexity index is 786. The Balaban J connectivity index is 1.99. The number of methoxy groups -OCH3 is 1. The van der Waals surface area contributed by atoms with Crippen LogP contribution in [0.5, 0.6) is 5.75 Å². The minimum atomic E-state index is -1.84. The smallest absolute Gasteiger partial charge is 0.263 e. The van der Waals surface area contributed by atoms with Gasteiger partial charge >= 0.3 is 0 Å². The van der Waals surface area contributed by atoms with E-state index in [1.165, 1.54) is 12.0 Å². The third-order valence-electron chi connectivity index (χ3n) is 4.19. The van der Waals surface area contributed by atoms with Crippen molar-refractivity contribution in [1.82, 2.24) is 0 Å². The number of para-hydroxylation sites is 2. The van der Waals surface area contributed by atoms with Gasteiger partial charge in [0, 0.05) is 12.6 Å². The summed E-state index contributed by atoms with van der Waals surface area (Å²) in [5, 5.41) is 10.9. The van der Waals surface area contributed by atoms with Crippen molar-refractivity contribution in [2.45, 2.75) is 12.0 Å². The van der Waals surface area contributed by atoms with Crippen LogP contribution in [0.1, 0.15) is 22.3 Å². The molecule has 1 amide bonds. The molecule has 5 heteroatoms. The number of aliphatic hydroxyl groups is 1. The number of likely N-dealkylation sites (N-methyl/N-ethyl adjacent to an activating group) is 1. The lowest BCUT2D eigenvalue weighted by atomic mass is 9.88. The van der Waals surface area contributed by atoms with Crippen LogP contribution in [-0.4, -0.2) is 31.0 Å². The highest BCUT2D eigenvalue weighted by molar-refractivity contribution is 6.10. The van der Waals surface area contributed by atoms with Gasteiger partial charge in [-0.2, -0.15) is 0 Å². The van der Waals surface area contributed by atoms with Crippen molar-refractivity contribution in [2.24, 2.45) is 0 Å². The molecule has 1 N–H and O–H groups in total. The fourth-order valence-corrected chi connectivity index (χ4v) is 2.99. The van der Waals surface area contributed by atoms with Crippen molar-refractivity contribution in [2.75, 3.05) is 19.1 Å². The van der Waals surface area contributed by atoms with Gasteiger partial charge in [0.05, 0.1) is 24.8 Å². The van der Waals surface area contributed by atoms with Gasteiger partial charge in [-0.25, -0.2) is 0 Å². The van der Waals surface area contributed by atoms with Gasteiger partial charge in [-0.1, -0.05) is 30.3 Å². The second kappa shape index (κ2) is 5.52. The highest BCUT2D eigenvalue weighted by atomic mass is 16.5. The van der Waals surface area contributed by atoms with E-state index in [0.29, 0.717) is 22.6 Å². The average molecular weight is 311 g/mol. The van der Waals surface area contributed by atoms with Gasteiger partial charge in [0.15, 0.2) is 11.4 Å². The topological polar surface area (TPSA) is 66.8 Å². The van der Waals surface area contributed by atoms with Crippen molar-refractivity contribution < 1.29 is 19.4 Å². The number of hydrogen-bond donors (Lipinski definition) is 1. The van der Waals surface area contributed by atoms with Crippen LogP contribution >= 0.6 is 0 Å². The van der Waals surface area contributed by atoms with Crippen LogP contribution in [0, 0.1) is 0 Å². The van der Waals surface area contributed by atoms with E-state index in [4.69, 9.17) is 4.74 Å². The molecule has 1 heterocycles. The minimum absolute atomic E-state index is 0.326. The summed E-state index contributed by atoms with van der Waals surface area (Å²) in [5.74, 6) is -0.418. The Morgan fingerprint density at radius 3 is 2.57 bits per heavy atom. The van der Waals surface area contributed by atoms with Crippen molar-refractivity contribution in [3.63, 3.8) is 0 Å². The number of nitrogens with zero attached hydrogens (tertiary/aromatic N) is 1. The second-order valence-electron chi connectivity index (χ2n) is 5.54. The lowest BCUT2D eigenvalue weighted by Gasteiger charge is -2.21. The molecule has 0 fully saturated rings. The zero-order valence-corrected chi connectivity index (χ0v) is 12.9. The second-order valence-corrected chi connectivity index (χ2v) is 5.54. The van der Waals surface area contributed by atoms with Crippen molar-refractivity contribution in [3.8, 4) is 5.75 Å². The molecule has 0 spiro atoms. The summed E-state index contributed by atoms with van der Waals surface area (Å²) in [6.07, 6.45) is -0.326. The number of hydrogen-bond acceptors (Lipinski definition) is 4. The highest BCUT2D eigenvalue weighted by Crippen LogP contribution is 2.42. The standard InChI is InChI=1S/C18H17NO4/c1-19-14-9-5-4-8-13(14)18(22,17(19)21)11-15(20)12-7-3-6-10-16(12)23-2/h3-10,22H,11H2,1-2H3/t18-/m0/s1. The van der Waals surface area contributed by atoms with E-state index in [1.807, 2.05) is 0 Å². The number of benzene rings is 2. The maximum atomic E-state index is 12.6. The summed E-state index contributed by atoms with van der Waals surface area (Å²) in [6, 6.07) is 13.7. The summed E-state index contributed by atoms with van der Waals surface area (Å²) in [6.45, 7) is 0. The van der Waals surface area contributed by atoms with E-state index in [9.17, 15) is 14.7 Å². The first-order valence-corrected chi connectivity index (χ1v) is 7.25. The molecule has 1 aliphatic rings. The molecule has 0 aliphatic carbocycles. The largest absolute Gasteiger partial charge is 0.496 e. The molecule has 2 aromatic carbocycles. The van der Waals surface area contributed by atoms with Crippen LogP contribution < -0.4 is 9.64 Å². The predicted octanol–water partition coefficient (Wildman–Crippen LogP) is 2.13. The van der Waals surface area contributed by atoms with Gasteiger partial charge in [0.25, 0.3) is 5.91 Å². The molecule has 0 radical (unpaired) electrons. The predicted molar refractivity (Wildman–Crippen MR) is 85.7 cm³/mol. The molecule has 5 nitrogen and oxygen atoms in total. The summed E-state index contributed by atoms with van der Waals surface area (Å²) in [5.41, 5.74) is -0.421. The number of fused-ring (bicyclic) bond motifs is 1. The normalized spacial score (nSPS) is 19.6. The molecule has 3 rings (SSSR count). The Hall–Kier alpha value is -2.66. The van der Waals surface area contributed by atoms with Crippen LogP contribution in [0.15, 0.2) is 48.5 Å². The van der Waals surface area contributed by atoms with Gasteiger partial charge in [-0.3, -0.25) is 9.59 Å². The minimum Gasteiger partial charge on any atom is -0.496 e. The zero-order valence-electron chi connectivity index (χ0n) is 12.9. The quantitative estimate of drug-likeness (QED) is 0.879. The third kappa shape index (κ3) is 2.29. The maximum Gasteiger partial charge on any atom is 0.263 e. The van der Waals surface area contributed by atoms with E-state index in [-0.39, 0.29) is 12.2 Å². The van der Waals surface area contributed by atoms with E-state index < -0.39 is 11.5 Å². The molecule has 23 heavy (non-hydrogen) atoms. The number of carbonyl (C=O) groups is 2. The summed E-state index contributed by atoms with van der Waals surface area (Å²) >= 11 is 0. The molecule has 2 aromatic rings. The van der Waals surface area contributed by atoms with Crippen LogP contribution in [-0.2, 0) is 10.4 Å². The Labute approximate surface area is 134 Å². The maximum absolute atomic E-state index is 12.6. The molecular formula is C18H17NO4. The van der Waals surface area contributed by atoms with E-state index in [0.717, 1.165) is 0 Å². The molecular weight excluding hydrogens is 294 g/mol. The molecule has 1 aliphatic heterocycles. The molecule has 0 bridgehead atoms. The lowest BCUT2D eigenvalue weighted by Crippen LogP contribution is -2.40. The molecule has 0 aromatic heterocycles. The summed E-state index contributed by atoms with van der Waals surface area (Å²) in [7, 11) is 3.07. The molecule has 1 atom stereocenters. The van der Waals surface area contributed by atoms with Gasteiger partial charge < -0.3 is 14.7 Å². The molecule has 0 saturated carbocycles. The van der Waals surface area contributed by atoms with Crippen LogP contribution in [0.4, 0.5) is 5.69 Å². The number of amides is 1. The zero-order chi connectivity index (χ0) is 16.6. The molecule has 0 unspecified atom stereocenters. The summed E-state index contributed by atoms with van der Waals surface area (Å²) in [4.78, 5) is 26.5. The van der Waals surface area contributed by atoms with Crippen molar-refractivity contribution in [1.29, 1.82) is 0 Å². The van der Waals surface area contributed by atoms with E-state index >= 15 is 0 Å². The van der Waals surface area contributed by atoms with E-state index in [2.05, 4.69) is 0 Å². The number of ether oxygens (including phenoxy) is 1. The number of anilines is 1. The number of Topliss-reactive ketones (excluding diaryl/α,β-unsaturated/α-hetero) is 1. The molecule has 118 valence electrons. The number of ketones is 1. The first-order valence-electron chi connectivity index (χ1n) is 7.25. The number of carbonyl (C=O) groups excluding carboxylic acids is 2. The lowest BCUT2D eigenvalue weighted by molar-refractivity contribution is -0.135. The van der Waals surface area contributed by atoms with Gasteiger partial charge in [-0.15, -0.1) is 0 Å². The van der Waals surface area contributed by atoms with Gasteiger partial charge in [0.1, 0.15) is 5.75 Å². The monoisotopic (exact) mass is 311 g/mol.